The number of piperidine rings is 1. The van der Waals surface area contributed by atoms with Crippen LogP contribution >= 0.6 is 0 Å². The van der Waals surface area contributed by atoms with Crippen molar-refractivity contribution in [3.63, 3.8) is 0 Å². The molecule has 1 aromatic carbocycles. The Morgan fingerprint density at radius 1 is 1.16 bits per heavy atom. The van der Waals surface area contributed by atoms with Crippen LogP contribution in [0.25, 0.3) is 10.9 Å². The molecule has 2 saturated heterocycles. The predicted molar refractivity (Wildman–Crippen MR) is 92.5 cm³/mol. The highest BCUT2D eigenvalue weighted by atomic mass is 16.5. The number of amides is 4. The summed E-state index contributed by atoms with van der Waals surface area (Å²) in [5, 5.41) is 3.70. The summed E-state index contributed by atoms with van der Waals surface area (Å²) in [5.41, 5.74) is 0.859. The number of imide groups is 1. The van der Waals surface area contributed by atoms with Gasteiger partial charge in [-0.25, -0.2) is 14.5 Å². The van der Waals surface area contributed by atoms with Gasteiger partial charge >= 0.3 is 12.1 Å². The third-order valence-corrected chi connectivity index (χ3v) is 4.69. The summed E-state index contributed by atoms with van der Waals surface area (Å²) in [7, 11) is 0. The van der Waals surface area contributed by atoms with Crippen LogP contribution in [0, 0.1) is 0 Å². The van der Waals surface area contributed by atoms with E-state index in [1.165, 1.54) is 4.90 Å². The SMILES string of the molecule is O=C1NCCN1C(=O)N1CCC(Oc2cccc3cccnc23)CC1. The first-order valence-electron chi connectivity index (χ1n) is 8.57. The number of carbonyl (C=O) groups excluding carboxylic acids is 2. The number of fused-ring (bicyclic) bond motifs is 1. The van der Waals surface area contributed by atoms with E-state index >= 15 is 0 Å². The Balaban J connectivity index is 1.39. The summed E-state index contributed by atoms with van der Waals surface area (Å²) in [4.78, 5) is 31.4. The number of pyridine rings is 1. The highest BCUT2D eigenvalue weighted by Crippen LogP contribution is 2.26. The average Bonchev–Trinajstić information content (AvgIpc) is 3.08. The molecule has 7 heteroatoms. The molecule has 0 unspecified atom stereocenters. The number of hydrogen-bond acceptors (Lipinski definition) is 4. The molecule has 2 aromatic rings. The molecule has 0 spiro atoms. The highest BCUT2D eigenvalue weighted by Gasteiger charge is 2.32. The lowest BCUT2D eigenvalue weighted by Gasteiger charge is -2.33. The molecule has 2 fully saturated rings. The molecule has 0 radical (unpaired) electrons. The Hall–Kier alpha value is -2.83. The minimum absolute atomic E-state index is 0.0454. The van der Waals surface area contributed by atoms with Gasteiger partial charge < -0.3 is 15.0 Å². The van der Waals surface area contributed by atoms with Gasteiger partial charge in [0.05, 0.1) is 0 Å². The van der Waals surface area contributed by atoms with Gasteiger partial charge in [-0.05, 0) is 12.1 Å². The van der Waals surface area contributed by atoms with E-state index in [-0.39, 0.29) is 18.2 Å². The Morgan fingerprint density at radius 2 is 1.96 bits per heavy atom. The molecule has 1 aromatic heterocycles. The molecule has 2 aliphatic rings. The zero-order valence-electron chi connectivity index (χ0n) is 13.9. The number of aromatic nitrogens is 1. The topological polar surface area (TPSA) is 74.8 Å². The normalized spacial score (nSPS) is 18.5. The molecule has 2 aliphatic heterocycles. The number of benzene rings is 1. The summed E-state index contributed by atoms with van der Waals surface area (Å²) >= 11 is 0. The van der Waals surface area contributed by atoms with Gasteiger partial charge in [0.2, 0.25) is 0 Å². The highest BCUT2D eigenvalue weighted by molar-refractivity contribution is 5.95. The first-order chi connectivity index (χ1) is 12.2. The van der Waals surface area contributed by atoms with Crippen molar-refractivity contribution in [2.24, 2.45) is 0 Å². The fourth-order valence-electron chi connectivity index (χ4n) is 3.34. The first-order valence-corrected chi connectivity index (χ1v) is 8.57. The van der Waals surface area contributed by atoms with Gasteiger partial charge in [0, 0.05) is 50.6 Å². The van der Waals surface area contributed by atoms with Gasteiger partial charge in [0.15, 0.2) is 0 Å². The van der Waals surface area contributed by atoms with Gasteiger partial charge in [-0.3, -0.25) is 4.98 Å². The Labute approximate surface area is 145 Å². The number of ether oxygens (including phenoxy) is 1. The molecular weight excluding hydrogens is 320 g/mol. The monoisotopic (exact) mass is 340 g/mol. The fraction of sp³-hybridized carbons (Fsp3) is 0.389. The molecule has 25 heavy (non-hydrogen) atoms. The number of urea groups is 2. The van der Waals surface area contributed by atoms with E-state index in [0.717, 1.165) is 29.5 Å². The van der Waals surface area contributed by atoms with Crippen LogP contribution in [0.3, 0.4) is 0 Å². The molecule has 1 N–H and O–H groups in total. The van der Waals surface area contributed by atoms with Crippen molar-refractivity contribution in [3.05, 3.63) is 36.5 Å². The van der Waals surface area contributed by atoms with Crippen LogP contribution in [-0.4, -0.2) is 59.1 Å². The van der Waals surface area contributed by atoms with Crippen molar-refractivity contribution < 1.29 is 14.3 Å². The summed E-state index contributed by atoms with van der Waals surface area (Å²) in [6.45, 7) is 2.14. The summed E-state index contributed by atoms with van der Waals surface area (Å²) in [5.74, 6) is 0.779. The third kappa shape index (κ3) is 3.09. The summed E-state index contributed by atoms with van der Waals surface area (Å²) in [6.07, 6.45) is 3.29. The summed E-state index contributed by atoms with van der Waals surface area (Å²) < 4.78 is 6.15. The predicted octanol–water partition coefficient (Wildman–Crippen LogP) is 2.22. The zero-order valence-corrected chi connectivity index (χ0v) is 13.9. The van der Waals surface area contributed by atoms with E-state index in [4.69, 9.17) is 4.74 Å². The van der Waals surface area contributed by atoms with Crippen molar-refractivity contribution in [2.75, 3.05) is 26.2 Å². The largest absolute Gasteiger partial charge is 0.488 e. The van der Waals surface area contributed by atoms with Gasteiger partial charge in [-0.15, -0.1) is 0 Å². The number of likely N-dealkylation sites (tertiary alicyclic amines) is 1. The standard InChI is InChI=1S/C18H20N4O3/c23-17-20-9-12-22(17)18(24)21-10-6-14(7-11-21)25-15-5-1-3-13-4-2-8-19-16(13)15/h1-5,8,14H,6-7,9-12H2,(H,20,23). The number of hydrogen-bond donors (Lipinski definition) is 1. The van der Waals surface area contributed by atoms with Crippen LogP contribution in [-0.2, 0) is 0 Å². The minimum atomic E-state index is -0.301. The van der Waals surface area contributed by atoms with Crippen LogP contribution in [0.2, 0.25) is 0 Å². The van der Waals surface area contributed by atoms with Crippen LogP contribution < -0.4 is 10.1 Å². The molecule has 0 aliphatic carbocycles. The van der Waals surface area contributed by atoms with Crippen molar-refractivity contribution in [3.8, 4) is 5.75 Å². The molecule has 0 atom stereocenters. The molecule has 3 heterocycles. The molecule has 0 bridgehead atoms. The second-order valence-corrected chi connectivity index (χ2v) is 6.30. The molecule has 130 valence electrons. The van der Waals surface area contributed by atoms with Gasteiger partial charge in [-0.2, -0.15) is 0 Å². The number of nitrogens with one attached hydrogen (secondary N) is 1. The van der Waals surface area contributed by atoms with Crippen LogP contribution in [0.1, 0.15) is 12.8 Å². The lowest BCUT2D eigenvalue weighted by molar-refractivity contribution is 0.102. The van der Waals surface area contributed by atoms with E-state index in [1.54, 1.807) is 11.1 Å². The van der Waals surface area contributed by atoms with Crippen molar-refractivity contribution >= 4 is 23.0 Å². The van der Waals surface area contributed by atoms with Gasteiger partial charge in [-0.1, -0.05) is 18.2 Å². The van der Waals surface area contributed by atoms with Crippen LogP contribution in [0.15, 0.2) is 36.5 Å². The number of rotatable bonds is 2. The second-order valence-electron chi connectivity index (χ2n) is 6.30. The fourth-order valence-corrected chi connectivity index (χ4v) is 3.34. The van der Waals surface area contributed by atoms with Gasteiger partial charge in [0.25, 0.3) is 0 Å². The molecule has 4 rings (SSSR count). The van der Waals surface area contributed by atoms with E-state index in [0.29, 0.717) is 26.2 Å². The van der Waals surface area contributed by atoms with Gasteiger partial charge in [0.1, 0.15) is 17.4 Å². The van der Waals surface area contributed by atoms with E-state index < -0.39 is 0 Å². The van der Waals surface area contributed by atoms with Crippen LogP contribution in [0.4, 0.5) is 9.59 Å². The number of nitrogens with zero attached hydrogens (tertiary/aromatic N) is 3. The maximum Gasteiger partial charge on any atom is 0.328 e. The number of para-hydroxylation sites is 1. The molecule has 0 saturated carbocycles. The minimum Gasteiger partial charge on any atom is -0.488 e. The number of carbonyl (C=O) groups is 2. The summed E-state index contributed by atoms with van der Waals surface area (Å²) in [6, 6.07) is 9.32. The van der Waals surface area contributed by atoms with Crippen LogP contribution in [0.5, 0.6) is 5.75 Å². The zero-order chi connectivity index (χ0) is 17.2. The van der Waals surface area contributed by atoms with E-state index in [1.807, 2.05) is 30.3 Å². The van der Waals surface area contributed by atoms with E-state index in [9.17, 15) is 9.59 Å². The maximum absolute atomic E-state index is 12.4. The molecule has 4 amide bonds. The molecule has 7 nitrogen and oxygen atoms in total. The van der Waals surface area contributed by atoms with Crippen molar-refractivity contribution in [2.45, 2.75) is 18.9 Å². The smallest absolute Gasteiger partial charge is 0.328 e. The molecular formula is C18H20N4O3. The Morgan fingerprint density at radius 3 is 2.72 bits per heavy atom. The Bertz CT molecular complexity index is 797. The lowest BCUT2D eigenvalue weighted by Crippen LogP contribution is -2.49. The first kappa shape index (κ1) is 15.7. The van der Waals surface area contributed by atoms with Crippen molar-refractivity contribution in [1.29, 1.82) is 0 Å². The van der Waals surface area contributed by atoms with Crippen molar-refractivity contribution in [1.82, 2.24) is 20.1 Å². The third-order valence-electron chi connectivity index (χ3n) is 4.69. The Kier molecular flexibility index (Phi) is 4.13. The lowest BCUT2D eigenvalue weighted by atomic mass is 10.1. The maximum atomic E-state index is 12.4. The quantitative estimate of drug-likeness (QED) is 0.910. The second kappa shape index (κ2) is 6.58. The average molecular weight is 340 g/mol. The van der Waals surface area contributed by atoms with E-state index in [2.05, 4.69) is 10.3 Å².